The van der Waals surface area contributed by atoms with E-state index < -0.39 is 57.6 Å². The van der Waals surface area contributed by atoms with Crippen LogP contribution in [0.1, 0.15) is 118 Å². The summed E-state index contributed by atoms with van der Waals surface area (Å²) in [4.78, 5) is 101. The van der Waals surface area contributed by atoms with Crippen molar-refractivity contribution in [2.45, 2.75) is 118 Å². The number of carbonyl (C=O) groups is 6. The average Bonchev–Trinajstić information content (AvgIpc) is 1.57. The normalized spacial score (nSPS) is 12.3. The number of amides is 4. The van der Waals surface area contributed by atoms with E-state index in [4.69, 9.17) is 52.6 Å². The molecule has 10 aromatic rings. The second kappa shape index (κ2) is 30.1. The highest BCUT2D eigenvalue weighted by molar-refractivity contribution is 7.10. The number of carbonyl (C=O) groups excluding carboxylic acids is 6. The van der Waals surface area contributed by atoms with Gasteiger partial charge >= 0.3 is 24.4 Å². The Morgan fingerprint density at radius 3 is 1.36 bits per heavy atom. The molecular weight excluding hydrogens is 1360 g/mol. The van der Waals surface area contributed by atoms with Gasteiger partial charge in [0.05, 0.1) is 55.3 Å². The summed E-state index contributed by atoms with van der Waals surface area (Å²) in [7, 11) is 0. The monoisotopic (exact) mass is 1430 g/mol. The first-order valence-corrected chi connectivity index (χ1v) is 33.0. The number of hydrogen-bond acceptors (Lipinski definition) is 22. The highest BCUT2D eigenvalue weighted by Crippen LogP contribution is 2.42. The fourth-order valence-corrected chi connectivity index (χ4v) is 11.3. The van der Waals surface area contributed by atoms with E-state index in [1.54, 1.807) is 174 Å². The van der Waals surface area contributed by atoms with Gasteiger partial charge in [-0.25, -0.2) is 29.0 Å². The second-order valence-electron chi connectivity index (χ2n) is 25.9. The van der Waals surface area contributed by atoms with Crippen molar-refractivity contribution in [1.82, 2.24) is 38.3 Å². The van der Waals surface area contributed by atoms with Crippen LogP contribution in [0.2, 0.25) is 10.0 Å². The van der Waals surface area contributed by atoms with Crippen molar-refractivity contribution in [2.24, 2.45) is 0 Å². The number of fused-ring (bicyclic) bond motifs is 2. The molecule has 5 heterocycles. The highest BCUT2D eigenvalue weighted by Gasteiger charge is 2.34. The van der Waals surface area contributed by atoms with E-state index in [-0.39, 0.29) is 56.1 Å². The highest BCUT2D eigenvalue weighted by atomic mass is 35.5. The van der Waals surface area contributed by atoms with Gasteiger partial charge in [0.1, 0.15) is 28.0 Å². The van der Waals surface area contributed by atoms with Gasteiger partial charge in [0.15, 0.2) is 11.6 Å². The van der Waals surface area contributed by atoms with E-state index in [0.717, 1.165) is 45.6 Å². The fraction of sp³-hybridized carbons (Fsp3) is 0.294. The Hall–Kier alpha value is -10.5. The van der Waals surface area contributed by atoms with Crippen LogP contribution in [0.3, 0.4) is 0 Å². The van der Waals surface area contributed by atoms with Crippen LogP contribution in [0.5, 0.6) is 0 Å². The Labute approximate surface area is 588 Å². The number of nitrogens with zero attached hydrogens (tertiary/aromatic N) is 11. The molecule has 0 unspecified atom stereocenters. The molecule has 0 spiro atoms. The molecule has 1 aliphatic heterocycles. The summed E-state index contributed by atoms with van der Waals surface area (Å²) in [5, 5.41) is 26.6. The molecular formula is C68H72Cl2N14O13S2. The van der Waals surface area contributed by atoms with Crippen molar-refractivity contribution >= 4 is 149 Å². The molecule has 99 heavy (non-hydrogen) atoms. The number of para-hydroxylation sites is 2. The summed E-state index contributed by atoms with van der Waals surface area (Å²) in [5.74, 6) is -0.500. The molecule has 1 saturated heterocycles. The fourth-order valence-electron chi connectivity index (χ4n) is 9.29. The van der Waals surface area contributed by atoms with E-state index >= 15 is 0 Å². The number of rotatable bonds is 11. The third kappa shape index (κ3) is 18.4. The Balaban J connectivity index is 0.000000235. The van der Waals surface area contributed by atoms with Gasteiger partial charge in [0.2, 0.25) is 10.3 Å². The third-order valence-corrected chi connectivity index (χ3v) is 15.6. The molecule has 0 bridgehead atoms. The molecule has 1 aliphatic rings. The van der Waals surface area contributed by atoms with Gasteiger partial charge in [-0.2, -0.15) is 38.3 Å². The van der Waals surface area contributed by atoms with Crippen LogP contribution >= 0.6 is 46.3 Å². The van der Waals surface area contributed by atoms with Crippen molar-refractivity contribution in [2.75, 3.05) is 39.4 Å². The van der Waals surface area contributed by atoms with Gasteiger partial charge in [-0.3, -0.25) is 19.7 Å². The van der Waals surface area contributed by atoms with Crippen LogP contribution in [-0.4, -0.2) is 115 Å². The summed E-state index contributed by atoms with van der Waals surface area (Å²) in [6.45, 7) is 22.9. The number of halogens is 2. The second-order valence-corrected chi connectivity index (χ2v) is 28.1. The number of anilines is 7. The summed E-state index contributed by atoms with van der Waals surface area (Å²) in [6.07, 6.45) is 2.49. The first-order chi connectivity index (χ1) is 46.6. The number of ether oxygens (including phenoxy) is 5. The molecule has 4 amide bonds. The summed E-state index contributed by atoms with van der Waals surface area (Å²) < 4.78 is 38.4. The van der Waals surface area contributed by atoms with Crippen LogP contribution in [0.15, 0.2) is 134 Å². The molecule has 4 aromatic heterocycles. The standard InChI is InChI=1S/C32H30ClN7O7S.C32H32ClN7O5S.C4H8O.H2/c1-31(2,3)46-29(42)38(24-15-14-22-21(25(24)33)17-34-39(22)30(43)47-32(4,5)6)28-36-26(37-48-28)18-10-9-11-19(16-18)35-27(41)20-12-7-8-13-23(20)40(44)45;1-31(2,3)44-29(42)39(24-15-14-23-21(25(24)33)17-35-40(23)30(43)45-32(4,5)6)28-37-26(38-46-28)18-10-9-11-19(16-18)36-27(41)20-12-7-8-13-22(20)34;1-2-4-5-3-1;/h7-17H,1-6H3,(H,35,41);7-17H,34H2,1-6H3,(H,36,41);1-4H2;1H. The number of nitrogen functional groups attached to an aromatic ring is 1. The Morgan fingerprint density at radius 1 is 0.566 bits per heavy atom. The Bertz CT molecular complexity index is 4690. The lowest BCUT2D eigenvalue weighted by molar-refractivity contribution is -0.385. The van der Waals surface area contributed by atoms with Gasteiger partial charge in [0, 0.05) is 82.7 Å². The first-order valence-electron chi connectivity index (χ1n) is 30.7. The predicted molar refractivity (Wildman–Crippen MR) is 382 cm³/mol. The molecule has 1 fully saturated rings. The first kappa shape index (κ1) is 72.8. The number of hydrogen-bond donors (Lipinski definition) is 3. The van der Waals surface area contributed by atoms with Crippen LogP contribution in [0.4, 0.5) is 63.6 Å². The summed E-state index contributed by atoms with van der Waals surface area (Å²) in [5.41, 5.74) is 6.16. The van der Waals surface area contributed by atoms with E-state index in [2.05, 4.69) is 39.5 Å². The molecule has 518 valence electrons. The SMILES string of the molecule is C1CCOC1.CC(C)(C)OC(=O)N(c1nc(-c2cccc(NC(=O)c3ccccc3N)c2)ns1)c1ccc2c(cnn2C(=O)OC(C)(C)C)c1Cl.CC(C)(C)OC(=O)N(c1nc(-c2cccc(NC(=O)c3ccccc3[N+](=O)[O-])c2)ns1)c1ccc2c(cnn2C(=O)OC(C)(C)C)c1Cl.[HH]. The van der Waals surface area contributed by atoms with Crippen molar-refractivity contribution < 1.29 is 58.8 Å². The van der Waals surface area contributed by atoms with Crippen LogP contribution in [0.25, 0.3) is 44.6 Å². The van der Waals surface area contributed by atoms with Crippen molar-refractivity contribution in [1.29, 1.82) is 0 Å². The minimum atomic E-state index is -0.874. The molecule has 4 N–H and O–H groups in total. The Morgan fingerprint density at radius 2 is 0.970 bits per heavy atom. The van der Waals surface area contributed by atoms with Crippen molar-refractivity contribution in [3.63, 3.8) is 0 Å². The number of benzene rings is 6. The third-order valence-electron chi connectivity index (χ3n) is 13.4. The zero-order valence-electron chi connectivity index (χ0n) is 55.9. The molecule has 31 heteroatoms. The van der Waals surface area contributed by atoms with Crippen LogP contribution in [-0.2, 0) is 23.7 Å². The van der Waals surface area contributed by atoms with Crippen LogP contribution < -0.4 is 26.2 Å². The van der Waals surface area contributed by atoms with Crippen molar-refractivity contribution in [3.05, 3.63) is 165 Å². The van der Waals surface area contributed by atoms with E-state index in [1.165, 1.54) is 65.4 Å². The number of nitro benzene ring substituents is 1. The summed E-state index contributed by atoms with van der Waals surface area (Å²) >= 11 is 15.6. The zero-order chi connectivity index (χ0) is 71.9. The molecule has 0 saturated carbocycles. The predicted octanol–water partition coefficient (Wildman–Crippen LogP) is 17.2. The number of nitrogens with one attached hydrogen (secondary N) is 2. The lowest BCUT2D eigenvalue weighted by Gasteiger charge is -2.26. The van der Waals surface area contributed by atoms with Gasteiger partial charge in [0.25, 0.3) is 17.5 Å². The smallest absolute Gasteiger partial charge is 0.435 e. The van der Waals surface area contributed by atoms with E-state index in [0.29, 0.717) is 61.4 Å². The Kier molecular flexibility index (Phi) is 22.1. The summed E-state index contributed by atoms with van der Waals surface area (Å²) in [6, 6.07) is 32.2. The molecule has 6 aromatic carbocycles. The lowest BCUT2D eigenvalue weighted by Crippen LogP contribution is -2.34. The maximum absolute atomic E-state index is 13.6. The zero-order valence-corrected chi connectivity index (χ0v) is 59.1. The number of nitro groups is 1. The van der Waals surface area contributed by atoms with Gasteiger partial charge in [-0.1, -0.05) is 71.7 Å². The quantitative estimate of drug-likeness (QED) is 0.0469. The maximum atomic E-state index is 13.6. The van der Waals surface area contributed by atoms with E-state index in [1.807, 2.05) is 0 Å². The maximum Gasteiger partial charge on any atom is 0.435 e. The van der Waals surface area contributed by atoms with E-state index in [9.17, 15) is 38.9 Å². The average molecular weight is 1430 g/mol. The molecule has 27 nitrogen and oxygen atoms in total. The molecule has 0 radical (unpaired) electrons. The number of aromatic nitrogens is 8. The van der Waals surface area contributed by atoms with Gasteiger partial charge < -0.3 is 40.1 Å². The minimum Gasteiger partial charge on any atom is -0.443 e. The topological polar surface area (TPSA) is 335 Å². The van der Waals surface area contributed by atoms with Gasteiger partial charge in [-0.15, -0.1) is 0 Å². The lowest BCUT2D eigenvalue weighted by atomic mass is 10.1. The largest absolute Gasteiger partial charge is 0.443 e. The van der Waals surface area contributed by atoms with Gasteiger partial charge in [-0.05, 0) is 163 Å². The molecule has 0 atom stereocenters. The molecule has 0 aliphatic carbocycles. The minimum absolute atomic E-state index is 0. The molecule has 11 rings (SSSR count). The number of nitrogens with two attached hydrogens (primary N) is 1. The van der Waals surface area contributed by atoms with Crippen molar-refractivity contribution in [3.8, 4) is 22.8 Å². The van der Waals surface area contributed by atoms with Crippen LogP contribution in [0, 0.1) is 10.1 Å².